The van der Waals surface area contributed by atoms with E-state index in [0.29, 0.717) is 6.04 Å². The van der Waals surface area contributed by atoms with Gasteiger partial charge in [0, 0.05) is 11.5 Å². The molecular formula is C16H27BrN2. The lowest BCUT2D eigenvalue weighted by Crippen LogP contribution is -2.14. The molecule has 1 atom stereocenters. The molecule has 0 amide bonds. The number of hydrogen-bond acceptors (Lipinski definition) is 1. The Kier molecular flexibility index (Phi) is 5.93. The van der Waals surface area contributed by atoms with Crippen molar-refractivity contribution in [1.29, 1.82) is 0 Å². The molecule has 19 heavy (non-hydrogen) atoms. The van der Waals surface area contributed by atoms with Crippen LogP contribution in [-0.4, -0.2) is 15.1 Å². The first-order chi connectivity index (χ1) is 9.19. The van der Waals surface area contributed by atoms with Gasteiger partial charge in [0.25, 0.3) is 0 Å². The van der Waals surface area contributed by atoms with E-state index < -0.39 is 0 Å². The number of rotatable bonds is 6. The highest BCUT2D eigenvalue weighted by Gasteiger charge is 2.17. The lowest BCUT2D eigenvalue weighted by atomic mass is 9.95. The van der Waals surface area contributed by atoms with Crippen LogP contribution >= 0.6 is 15.9 Å². The molecule has 0 aromatic carbocycles. The van der Waals surface area contributed by atoms with Crippen molar-refractivity contribution in [2.45, 2.75) is 64.8 Å². The summed E-state index contributed by atoms with van der Waals surface area (Å²) in [5.74, 6) is 1.48. The summed E-state index contributed by atoms with van der Waals surface area (Å²) in [6.45, 7) is 4.60. The van der Waals surface area contributed by atoms with Crippen LogP contribution in [0.1, 0.15) is 64.1 Å². The lowest BCUT2D eigenvalue weighted by molar-refractivity contribution is 0.327. The molecule has 1 fully saturated rings. The molecule has 1 aliphatic carbocycles. The third-order valence-corrected chi connectivity index (χ3v) is 5.05. The Balaban J connectivity index is 1.92. The van der Waals surface area contributed by atoms with Crippen LogP contribution in [0.2, 0.25) is 0 Å². The first kappa shape index (κ1) is 15.1. The van der Waals surface area contributed by atoms with Crippen molar-refractivity contribution in [1.82, 2.24) is 9.78 Å². The fourth-order valence-electron chi connectivity index (χ4n) is 3.20. The van der Waals surface area contributed by atoms with E-state index in [0.717, 1.165) is 23.6 Å². The van der Waals surface area contributed by atoms with Crippen LogP contribution in [0, 0.1) is 11.8 Å². The van der Waals surface area contributed by atoms with Gasteiger partial charge in [0.05, 0.1) is 11.7 Å². The monoisotopic (exact) mass is 326 g/mol. The van der Waals surface area contributed by atoms with Gasteiger partial charge >= 0.3 is 0 Å². The van der Waals surface area contributed by atoms with Crippen molar-refractivity contribution in [3.8, 4) is 0 Å². The molecule has 1 aliphatic rings. The SMILES string of the molecule is CC(C)CC(CBr)Cc1ccn(C2CCCCC2)n1. The van der Waals surface area contributed by atoms with E-state index in [4.69, 9.17) is 5.10 Å². The number of halogens is 1. The number of nitrogens with zero attached hydrogens (tertiary/aromatic N) is 2. The van der Waals surface area contributed by atoms with E-state index in [1.807, 2.05) is 0 Å². The summed E-state index contributed by atoms with van der Waals surface area (Å²) in [6.07, 6.45) is 11.4. The van der Waals surface area contributed by atoms with Crippen LogP contribution < -0.4 is 0 Å². The van der Waals surface area contributed by atoms with Crippen molar-refractivity contribution in [3.63, 3.8) is 0 Å². The van der Waals surface area contributed by atoms with E-state index in [9.17, 15) is 0 Å². The summed E-state index contributed by atoms with van der Waals surface area (Å²) in [5.41, 5.74) is 1.27. The standard InChI is InChI=1S/C16H27BrN2/c1-13(2)10-14(12-17)11-15-8-9-19(18-15)16-6-4-3-5-7-16/h8-9,13-14,16H,3-7,10-12H2,1-2H3. The van der Waals surface area contributed by atoms with Gasteiger partial charge in [-0.3, -0.25) is 4.68 Å². The van der Waals surface area contributed by atoms with Crippen molar-refractivity contribution in [2.24, 2.45) is 11.8 Å². The maximum atomic E-state index is 4.82. The third-order valence-electron chi connectivity index (χ3n) is 4.13. The van der Waals surface area contributed by atoms with Gasteiger partial charge in [0.2, 0.25) is 0 Å². The smallest absolute Gasteiger partial charge is 0.0627 e. The summed E-state index contributed by atoms with van der Waals surface area (Å²) in [7, 11) is 0. The van der Waals surface area contributed by atoms with Crippen LogP contribution in [0.15, 0.2) is 12.3 Å². The minimum atomic E-state index is 0.662. The van der Waals surface area contributed by atoms with Gasteiger partial charge in [-0.25, -0.2) is 0 Å². The normalized spacial score (nSPS) is 18.9. The molecule has 2 nitrogen and oxygen atoms in total. The van der Waals surface area contributed by atoms with Gasteiger partial charge in [-0.2, -0.15) is 5.10 Å². The highest BCUT2D eigenvalue weighted by molar-refractivity contribution is 9.09. The molecule has 0 N–H and O–H groups in total. The Morgan fingerprint density at radius 2 is 2.05 bits per heavy atom. The summed E-state index contributed by atoms with van der Waals surface area (Å²) < 4.78 is 2.23. The maximum absolute atomic E-state index is 4.82. The van der Waals surface area contributed by atoms with Crippen LogP contribution in [0.25, 0.3) is 0 Å². The highest BCUT2D eigenvalue weighted by Crippen LogP contribution is 2.28. The zero-order chi connectivity index (χ0) is 13.7. The number of aromatic nitrogens is 2. The Morgan fingerprint density at radius 3 is 2.68 bits per heavy atom. The van der Waals surface area contributed by atoms with Gasteiger partial charge in [-0.05, 0) is 43.6 Å². The van der Waals surface area contributed by atoms with Crippen LogP contribution in [0.5, 0.6) is 0 Å². The molecule has 3 heteroatoms. The second kappa shape index (κ2) is 7.47. The average molecular weight is 327 g/mol. The Labute approximate surface area is 126 Å². The number of hydrogen-bond donors (Lipinski definition) is 0. The summed E-state index contributed by atoms with van der Waals surface area (Å²) >= 11 is 3.65. The summed E-state index contributed by atoms with van der Waals surface area (Å²) in [6, 6.07) is 2.89. The lowest BCUT2D eigenvalue weighted by Gasteiger charge is -2.22. The van der Waals surface area contributed by atoms with Crippen LogP contribution in [-0.2, 0) is 6.42 Å². The van der Waals surface area contributed by atoms with E-state index in [2.05, 4.69) is 46.7 Å². The quantitative estimate of drug-likeness (QED) is 0.673. The molecule has 108 valence electrons. The van der Waals surface area contributed by atoms with E-state index in [-0.39, 0.29) is 0 Å². The highest BCUT2D eigenvalue weighted by atomic mass is 79.9. The van der Waals surface area contributed by atoms with Crippen molar-refractivity contribution in [3.05, 3.63) is 18.0 Å². The fourth-order valence-corrected chi connectivity index (χ4v) is 3.69. The molecule has 0 bridgehead atoms. The molecular weight excluding hydrogens is 300 g/mol. The second-order valence-electron chi connectivity index (χ2n) is 6.43. The topological polar surface area (TPSA) is 17.8 Å². The van der Waals surface area contributed by atoms with Crippen molar-refractivity contribution in [2.75, 3.05) is 5.33 Å². The zero-order valence-electron chi connectivity index (χ0n) is 12.3. The first-order valence-corrected chi connectivity index (χ1v) is 8.91. The fraction of sp³-hybridized carbons (Fsp3) is 0.812. The molecule has 0 saturated heterocycles. The first-order valence-electron chi connectivity index (χ1n) is 7.79. The minimum absolute atomic E-state index is 0.662. The molecule has 1 aromatic rings. The Morgan fingerprint density at radius 1 is 1.32 bits per heavy atom. The predicted octanol–water partition coefficient (Wildman–Crippen LogP) is 4.99. The molecule has 1 saturated carbocycles. The Bertz CT molecular complexity index is 367. The molecule has 1 aromatic heterocycles. The van der Waals surface area contributed by atoms with Crippen molar-refractivity contribution < 1.29 is 0 Å². The largest absolute Gasteiger partial charge is 0.269 e. The predicted molar refractivity (Wildman–Crippen MR) is 84.8 cm³/mol. The van der Waals surface area contributed by atoms with E-state index in [1.165, 1.54) is 44.2 Å². The molecule has 1 unspecified atom stereocenters. The molecule has 2 rings (SSSR count). The zero-order valence-corrected chi connectivity index (χ0v) is 13.9. The van der Waals surface area contributed by atoms with Crippen LogP contribution in [0.3, 0.4) is 0 Å². The average Bonchev–Trinajstić information content (AvgIpc) is 2.87. The second-order valence-corrected chi connectivity index (χ2v) is 7.08. The summed E-state index contributed by atoms with van der Waals surface area (Å²) in [5, 5.41) is 5.91. The third kappa shape index (κ3) is 4.62. The van der Waals surface area contributed by atoms with Crippen molar-refractivity contribution >= 4 is 15.9 Å². The molecule has 0 aliphatic heterocycles. The van der Waals surface area contributed by atoms with Gasteiger partial charge in [0.1, 0.15) is 0 Å². The van der Waals surface area contributed by atoms with Gasteiger partial charge in [-0.15, -0.1) is 0 Å². The maximum Gasteiger partial charge on any atom is 0.0627 e. The van der Waals surface area contributed by atoms with Gasteiger partial charge in [0.15, 0.2) is 0 Å². The van der Waals surface area contributed by atoms with Gasteiger partial charge < -0.3 is 0 Å². The Hall–Kier alpha value is -0.310. The minimum Gasteiger partial charge on any atom is -0.269 e. The molecule has 0 spiro atoms. The van der Waals surface area contributed by atoms with Crippen LogP contribution in [0.4, 0.5) is 0 Å². The van der Waals surface area contributed by atoms with Gasteiger partial charge in [-0.1, -0.05) is 49.0 Å². The van der Waals surface area contributed by atoms with E-state index in [1.54, 1.807) is 0 Å². The molecule has 0 radical (unpaired) electrons. The number of alkyl halides is 1. The van der Waals surface area contributed by atoms with E-state index >= 15 is 0 Å². The summed E-state index contributed by atoms with van der Waals surface area (Å²) in [4.78, 5) is 0. The molecule has 1 heterocycles.